The number of hydrogen-bond donors (Lipinski definition) is 0. The van der Waals surface area contributed by atoms with Crippen LogP contribution in [0.5, 0.6) is 0 Å². The lowest BCUT2D eigenvalue weighted by Crippen LogP contribution is -2.26. The first kappa shape index (κ1) is 23.9. The molecule has 4 aromatic rings. The van der Waals surface area contributed by atoms with Crippen molar-refractivity contribution in [3.63, 3.8) is 0 Å². The van der Waals surface area contributed by atoms with Gasteiger partial charge in [-0.05, 0) is 96.6 Å². The highest BCUT2D eigenvalue weighted by Crippen LogP contribution is 2.33. The Morgan fingerprint density at radius 1 is 0.788 bits per heavy atom. The van der Waals surface area contributed by atoms with E-state index in [-0.39, 0.29) is 16.9 Å². The summed E-state index contributed by atoms with van der Waals surface area (Å²) in [5, 5.41) is 0.512. The van der Waals surface area contributed by atoms with E-state index in [1.807, 2.05) is 32.0 Å². The molecule has 0 bridgehead atoms. The van der Waals surface area contributed by atoms with Crippen LogP contribution in [0.15, 0.2) is 118 Å². The third kappa shape index (κ3) is 5.62. The van der Waals surface area contributed by atoms with Crippen molar-refractivity contribution in [2.45, 2.75) is 34.1 Å². The Balaban J connectivity index is 1.62. The SMILES string of the molecule is CC(C)(OC(=O)c1cc(Cl)ccc1I)c1ccc([S+](c2ccccc2)c2ccccc2)cc1. The van der Waals surface area contributed by atoms with Crippen molar-refractivity contribution in [1.29, 1.82) is 0 Å². The molecule has 166 valence electrons. The molecule has 2 nitrogen and oxygen atoms in total. The minimum absolute atomic E-state index is 0.219. The Labute approximate surface area is 216 Å². The van der Waals surface area contributed by atoms with Gasteiger partial charge in [0.1, 0.15) is 5.60 Å². The monoisotopic (exact) mass is 585 g/mol. The molecule has 0 aromatic heterocycles. The molecule has 0 aliphatic heterocycles. The van der Waals surface area contributed by atoms with Crippen molar-refractivity contribution < 1.29 is 9.53 Å². The summed E-state index contributed by atoms with van der Waals surface area (Å²) in [5.74, 6) is -0.385. The Kier molecular flexibility index (Phi) is 7.47. The first-order chi connectivity index (χ1) is 15.8. The van der Waals surface area contributed by atoms with E-state index >= 15 is 0 Å². The van der Waals surface area contributed by atoms with Crippen molar-refractivity contribution in [1.82, 2.24) is 0 Å². The van der Waals surface area contributed by atoms with E-state index in [0.717, 1.165) is 9.13 Å². The average Bonchev–Trinajstić information content (AvgIpc) is 2.82. The molecule has 4 aromatic carbocycles. The highest BCUT2D eigenvalue weighted by molar-refractivity contribution is 14.1. The molecule has 4 rings (SSSR count). The van der Waals surface area contributed by atoms with Crippen LogP contribution in [0.4, 0.5) is 0 Å². The standard InChI is InChI=1S/C28H23ClIO2S/c1-28(2,32-27(31)25-19-21(29)15-18-26(25)30)20-13-16-24(17-14-20)33(22-9-5-3-6-10-22)23-11-7-4-8-12-23/h3-19H,1-2H3/q+1. The largest absolute Gasteiger partial charge is 0.451 e. The van der Waals surface area contributed by atoms with E-state index in [2.05, 4.69) is 95.4 Å². The molecule has 0 saturated carbocycles. The molecule has 5 heteroatoms. The summed E-state index contributed by atoms with van der Waals surface area (Å²) < 4.78 is 6.72. The summed E-state index contributed by atoms with van der Waals surface area (Å²) in [4.78, 5) is 16.6. The Hall–Kier alpha value is -2.28. The number of ether oxygens (including phenoxy) is 1. The van der Waals surface area contributed by atoms with E-state index in [4.69, 9.17) is 16.3 Å². The van der Waals surface area contributed by atoms with Gasteiger partial charge in [-0.25, -0.2) is 4.79 Å². The van der Waals surface area contributed by atoms with Crippen LogP contribution in [-0.2, 0) is 21.2 Å². The molecule has 0 N–H and O–H groups in total. The van der Waals surface area contributed by atoms with Gasteiger partial charge < -0.3 is 4.74 Å². The van der Waals surface area contributed by atoms with Gasteiger partial charge in [0.2, 0.25) is 0 Å². The number of rotatable bonds is 6. The second kappa shape index (κ2) is 10.3. The quantitative estimate of drug-likeness (QED) is 0.130. The smallest absolute Gasteiger partial charge is 0.340 e. The van der Waals surface area contributed by atoms with Gasteiger partial charge in [0.25, 0.3) is 0 Å². The zero-order chi connectivity index (χ0) is 23.4. The van der Waals surface area contributed by atoms with Crippen LogP contribution in [0.2, 0.25) is 5.02 Å². The minimum atomic E-state index is -0.793. The van der Waals surface area contributed by atoms with Crippen molar-refractivity contribution >= 4 is 51.1 Å². The Morgan fingerprint density at radius 3 is 1.85 bits per heavy atom. The lowest BCUT2D eigenvalue weighted by atomic mass is 9.98. The molecule has 0 unspecified atom stereocenters. The highest BCUT2D eigenvalue weighted by atomic mass is 127. The second-order valence-electron chi connectivity index (χ2n) is 7.98. The van der Waals surface area contributed by atoms with Gasteiger partial charge in [0.05, 0.1) is 16.5 Å². The van der Waals surface area contributed by atoms with Crippen LogP contribution >= 0.6 is 34.2 Å². The zero-order valence-electron chi connectivity index (χ0n) is 18.3. The Morgan fingerprint density at radius 2 is 1.30 bits per heavy atom. The summed E-state index contributed by atoms with van der Waals surface area (Å²) in [6, 6.07) is 34.7. The first-order valence-electron chi connectivity index (χ1n) is 10.5. The molecule has 0 aliphatic rings. The van der Waals surface area contributed by atoms with Crippen molar-refractivity contribution in [3.05, 3.63) is 123 Å². The van der Waals surface area contributed by atoms with E-state index in [1.54, 1.807) is 12.1 Å². The van der Waals surface area contributed by atoms with Crippen molar-refractivity contribution in [2.75, 3.05) is 0 Å². The van der Waals surface area contributed by atoms with Crippen LogP contribution in [0.1, 0.15) is 29.8 Å². The third-order valence-corrected chi connectivity index (χ3v) is 8.65. The van der Waals surface area contributed by atoms with E-state index in [9.17, 15) is 4.79 Å². The maximum atomic E-state index is 12.9. The number of esters is 1. The average molecular weight is 586 g/mol. The Bertz CT molecular complexity index is 1200. The number of benzene rings is 4. The van der Waals surface area contributed by atoms with Crippen LogP contribution in [0, 0.1) is 3.57 Å². The second-order valence-corrected chi connectivity index (χ2v) is 11.6. The predicted octanol–water partition coefficient (Wildman–Crippen LogP) is 8.13. The molecule has 0 radical (unpaired) electrons. The number of halogens is 2. The summed E-state index contributed by atoms with van der Waals surface area (Å²) in [6.07, 6.45) is 0. The normalized spacial score (nSPS) is 11.4. The molecule has 0 aliphatic carbocycles. The van der Waals surface area contributed by atoms with Gasteiger partial charge >= 0.3 is 5.97 Å². The molecular formula is C28H23ClIO2S+. The topological polar surface area (TPSA) is 26.3 Å². The van der Waals surface area contributed by atoms with Gasteiger partial charge in [-0.1, -0.05) is 60.1 Å². The number of carbonyl (C=O) groups excluding carboxylic acids is 1. The maximum absolute atomic E-state index is 12.9. The van der Waals surface area contributed by atoms with Crippen molar-refractivity contribution in [2.24, 2.45) is 0 Å². The summed E-state index contributed by atoms with van der Waals surface area (Å²) in [5.41, 5.74) is 0.614. The van der Waals surface area contributed by atoms with Gasteiger partial charge in [-0.3, -0.25) is 0 Å². The lowest BCUT2D eigenvalue weighted by Gasteiger charge is -2.26. The van der Waals surface area contributed by atoms with Gasteiger partial charge in [-0.2, -0.15) is 0 Å². The molecule has 0 fully saturated rings. The first-order valence-corrected chi connectivity index (χ1v) is 13.2. The molecular weight excluding hydrogens is 563 g/mol. The van der Waals surface area contributed by atoms with E-state index < -0.39 is 5.60 Å². The minimum Gasteiger partial charge on any atom is -0.451 e. The summed E-state index contributed by atoms with van der Waals surface area (Å²) in [7, 11) is -0.219. The third-order valence-electron chi connectivity index (χ3n) is 5.24. The fourth-order valence-corrected chi connectivity index (χ4v) is 6.32. The van der Waals surface area contributed by atoms with Gasteiger partial charge in [-0.15, -0.1) is 0 Å². The number of hydrogen-bond acceptors (Lipinski definition) is 2. The van der Waals surface area contributed by atoms with E-state index in [1.165, 1.54) is 14.7 Å². The highest BCUT2D eigenvalue weighted by Gasteiger charge is 2.31. The van der Waals surface area contributed by atoms with Gasteiger partial charge in [0, 0.05) is 8.59 Å². The van der Waals surface area contributed by atoms with Crippen LogP contribution in [0.25, 0.3) is 0 Å². The fraction of sp³-hybridized carbons (Fsp3) is 0.107. The van der Waals surface area contributed by atoms with Crippen LogP contribution < -0.4 is 0 Å². The van der Waals surface area contributed by atoms with Crippen LogP contribution in [0.3, 0.4) is 0 Å². The lowest BCUT2D eigenvalue weighted by molar-refractivity contribution is -0.00326. The number of carbonyl (C=O) groups is 1. The zero-order valence-corrected chi connectivity index (χ0v) is 22.0. The summed E-state index contributed by atoms with van der Waals surface area (Å²) >= 11 is 8.21. The fourth-order valence-electron chi connectivity index (χ4n) is 3.51. The maximum Gasteiger partial charge on any atom is 0.340 e. The van der Waals surface area contributed by atoms with E-state index in [0.29, 0.717) is 10.6 Å². The molecule has 0 atom stereocenters. The molecule has 33 heavy (non-hydrogen) atoms. The molecule has 0 spiro atoms. The molecule has 0 saturated heterocycles. The predicted molar refractivity (Wildman–Crippen MR) is 144 cm³/mol. The molecule has 0 amide bonds. The molecule has 0 heterocycles. The summed E-state index contributed by atoms with van der Waals surface area (Å²) in [6.45, 7) is 3.82. The van der Waals surface area contributed by atoms with Crippen molar-refractivity contribution in [3.8, 4) is 0 Å². The van der Waals surface area contributed by atoms with Gasteiger partial charge in [0.15, 0.2) is 14.7 Å². The van der Waals surface area contributed by atoms with Crippen LogP contribution in [-0.4, -0.2) is 5.97 Å².